The largest absolute Gasteiger partial charge is 0.355 e. The Balaban J connectivity index is 2.38. The number of hydrogen-bond donors (Lipinski definition) is 2. The number of sulfonamides is 1. The van der Waals surface area contributed by atoms with Gasteiger partial charge in [-0.2, -0.15) is 0 Å². The Hall–Kier alpha value is -1.48. The topological polar surface area (TPSA) is 62.0 Å². The second-order valence-electron chi connectivity index (χ2n) is 3.53. The Morgan fingerprint density at radius 2 is 1.68 bits per heavy atom. The van der Waals surface area contributed by atoms with Crippen LogP contribution < -0.4 is 4.72 Å². The summed E-state index contributed by atoms with van der Waals surface area (Å²) in [6, 6.07) is 1.93. The van der Waals surface area contributed by atoms with E-state index in [4.69, 9.17) is 0 Å². The SMILES string of the molecule is O=S(=O)(Nc1cc(F)c(F)cc1F)c1c[nH]c(Br)c1. The second-order valence-corrected chi connectivity index (χ2v) is 6.07. The lowest BCUT2D eigenvalue weighted by atomic mass is 10.3. The summed E-state index contributed by atoms with van der Waals surface area (Å²) in [7, 11) is -4.08. The average Bonchev–Trinajstić information content (AvgIpc) is 2.73. The summed E-state index contributed by atoms with van der Waals surface area (Å²) < 4.78 is 64.9. The number of rotatable bonds is 3. The van der Waals surface area contributed by atoms with Gasteiger partial charge in [0.05, 0.1) is 10.3 Å². The van der Waals surface area contributed by atoms with Crippen molar-refractivity contribution in [3.05, 3.63) is 46.5 Å². The molecule has 19 heavy (non-hydrogen) atoms. The summed E-state index contributed by atoms with van der Waals surface area (Å²) in [4.78, 5) is 2.39. The predicted octanol–water partition coefficient (Wildman–Crippen LogP) is 3.00. The number of anilines is 1. The Morgan fingerprint density at radius 3 is 2.26 bits per heavy atom. The first-order valence-electron chi connectivity index (χ1n) is 4.81. The fourth-order valence-electron chi connectivity index (χ4n) is 1.31. The Bertz CT molecular complexity index is 730. The van der Waals surface area contributed by atoms with E-state index in [9.17, 15) is 21.6 Å². The monoisotopic (exact) mass is 354 g/mol. The van der Waals surface area contributed by atoms with E-state index in [-0.39, 0.29) is 11.0 Å². The molecule has 4 nitrogen and oxygen atoms in total. The summed E-state index contributed by atoms with van der Waals surface area (Å²) in [5, 5.41) is 0. The van der Waals surface area contributed by atoms with E-state index in [1.807, 2.05) is 4.72 Å². The fourth-order valence-corrected chi connectivity index (χ4v) is 2.87. The van der Waals surface area contributed by atoms with Crippen molar-refractivity contribution < 1.29 is 21.6 Å². The smallest absolute Gasteiger partial charge is 0.263 e. The lowest BCUT2D eigenvalue weighted by Gasteiger charge is -2.07. The van der Waals surface area contributed by atoms with Gasteiger partial charge in [-0.05, 0) is 22.0 Å². The molecule has 0 saturated carbocycles. The zero-order chi connectivity index (χ0) is 14.2. The maximum atomic E-state index is 13.3. The fraction of sp³-hybridized carbons (Fsp3) is 0. The molecule has 9 heteroatoms. The molecule has 2 rings (SSSR count). The minimum Gasteiger partial charge on any atom is -0.355 e. The Kier molecular flexibility index (Phi) is 3.59. The van der Waals surface area contributed by atoms with Crippen LogP contribution in [-0.2, 0) is 10.0 Å². The van der Waals surface area contributed by atoms with Gasteiger partial charge in [0.25, 0.3) is 10.0 Å². The lowest BCUT2D eigenvalue weighted by Crippen LogP contribution is -2.13. The first kappa shape index (κ1) is 13.9. The molecule has 102 valence electrons. The van der Waals surface area contributed by atoms with Crippen LogP contribution in [-0.4, -0.2) is 13.4 Å². The first-order valence-corrected chi connectivity index (χ1v) is 7.08. The maximum Gasteiger partial charge on any atom is 0.263 e. The van der Waals surface area contributed by atoms with E-state index >= 15 is 0 Å². The van der Waals surface area contributed by atoms with Gasteiger partial charge in [0.2, 0.25) is 0 Å². The van der Waals surface area contributed by atoms with E-state index < -0.39 is 33.2 Å². The van der Waals surface area contributed by atoms with Crippen LogP contribution in [0.1, 0.15) is 0 Å². The van der Waals surface area contributed by atoms with Crippen molar-refractivity contribution >= 4 is 31.6 Å². The zero-order valence-corrected chi connectivity index (χ0v) is 11.4. The Labute approximate surface area is 114 Å². The van der Waals surface area contributed by atoms with Gasteiger partial charge in [-0.1, -0.05) is 0 Å². The molecule has 0 aliphatic heterocycles. The summed E-state index contributed by atoms with van der Waals surface area (Å²) in [5.41, 5.74) is -0.670. The van der Waals surface area contributed by atoms with E-state index in [2.05, 4.69) is 20.9 Å². The summed E-state index contributed by atoms with van der Waals surface area (Å²) in [6.45, 7) is 0. The summed E-state index contributed by atoms with van der Waals surface area (Å²) in [6.07, 6.45) is 1.16. The molecule has 1 aromatic carbocycles. The molecule has 0 aliphatic rings. The van der Waals surface area contributed by atoms with E-state index in [1.165, 1.54) is 6.07 Å². The Morgan fingerprint density at radius 1 is 1.05 bits per heavy atom. The van der Waals surface area contributed by atoms with Gasteiger partial charge in [0.15, 0.2) is 11.6 Å². The van der Waals surface area contributed by atoms with Crippen LogP contribution in [0.5, 0.6) is 0 Å². The molecule has 0 fully saturated rings. The summed E-state index contributed by atoms with van der Waals surface area (Å²) >= 11 is 3.01. The highest BCUT2D eigenvalue weighted by molar-refractivity contribution is 9.10. The standard InChI is InChI=1S/C10H6BrF3N2O2S/c11-10-1-5(4-15-10)19(17,18)16-9-3-7(13)6(12)2-8(9)14/h1-4,15-16H. The van der Waals surface area contributed by atoms with Gasteiger partial charge < -0.3 is 4.98 Å². The number of aromatic amines is 1. The van der Waals surface area contributed by atoms with Gasteiger partial charge >= 0.3 is 0 Å². The zero-order valence-electron chi connectivity index (χ0n) is 9.05. The van der Waals surface area contributed by atoms with Gasteiger partial charge in [0.1, 0.15) is 10.7 Å². The highest BCUT2D eigenvalue weighted by atomic mass is 79.9. The van der Waals surface area contributed by atoms with Crippen molar-refractivity contribution in [1.82, 2.24) is 4.98 Å². The van der Waals surface area contributed by atoms with E-state index in [0.29, 0.717) is 10.7 Å². The molecule has 2 aromatic rings. The molecular weight excluding hydrogens is 349 g/mol. The van der Waals surface area contributed by atoms with Crippen LogP contribution >= 0.6 is 15.9 Å². The van der Waals surface area contributed by atoms with Crippen LogP contribution in [0, 0.1) is 17.5 Å². The highest BCUT2D eigenvalue weighted by Gasteiger charge is 2.19. The quantitative estimate of drug-likeness (QED) is 0.832. The molecule has 1 heterocycles. The van der Waals surface area contributed by atoms with Crippen LogP contribution in [0.25, 0.3) is 0 Å². The third-order valence-electron chi connectivity index (χ3n) is 2.19. The van der Waals surface area contributed by atoms with Crippen LogP contribution in [0.15, 0.2) is 33.9 Å². The van der Waals surface area contributed by atoms with Crippen molar-refractivity contribution in [1.29, 1.82) is 0 Å². The van der Waals surface area contributed by atoms with E-state index in [0.717, 1.165) is 6.20 Å². The van der Waals surface area contributed by atoms with Crippen LogP contribution in [0.2, 0.25) is 0 Å². The molecule has 1 aromatic heterocycles. The number of halogens is 4. The van der Waals surface area contributed by atoms with Crippen LogP contribution in [0.4, 0.5) is 18.9 Å². The third kappa shape index (κ3) is 2.92. The minimum atomic E-state index is -4.08. The predicted molar refractivity (Wildman–Crippen MR) is 65.6 cm³/mol. The van der Waals surface area contributed by atoms with Crippen molar-refractivity contribution in [2.45, 2.75) is 4.90 Å². The van der Waals surface area contributed by atoms with Crippen molar-refractivity contribution in [2.24, 2.45) is 0 Å². The van der Waals surface area contributed by atoms with Gasteiger partial charge in [-0.15, -0.1) is 0 Å². The van der Waals surface area contributed by atoms with Gasteiger partial charge in [0, 0.05) is 18.3 Å². The molecule has 0 spiro atoms. The molecule has 0 amide bonds. The normalized spacial score (nSPS) is 11.6. The molecule has 2 N–H and O–H groups in total. The number of H-pyrrole nitrogens is 1. The number of aromatic nitrogens is 1. The lowest BCUT2D eigenvalue weighted by molar-refractivity contribution is 0.496. The first-order chi connectivity index (χ1) is 8.79. The van der Waals surface area contributed by atoms with Crippen molar-refractivity contribution in [3.63, 3.8) is 0 Å². The van der Waals surface area contributed by atoms with Crippen molar-refractivity contribution in [3.8, 4) is 0 Å². The summed E-state index contributed by atoms with van der Waals surface area (Å²) in [5.74, 6) is -3.96. The molecule has 0 saturated heterocycles. The molecule has 0 aliphatic carbocycles. The average molecular weight is 355 g/mol. The number of nitrogens with one attached hydrogen (secondary N) is 2. The van der Waals surface area contributed by atoms with Crippen molar-refractivity contribution in [2.75, 3.05) is 4.72 Å². The number of hydrogen-bond acceptors (Lipinski definition) is 2. The molecule has 0 radical (unpaired) electrons. The number of benzene rings is 1. The second kappa shape index (κ2) is 4.89. The maximum absolute atomic E-state index is 13.3. The van der Waals surface area contributed by atoms with Gasteiger partial charge in [-0.25, -0.2) is 21.6 Å². The highest BCUT2D eigenvalue weighted by Crippen LogP contribution is 2.23. The van der Waals surface area contributed by atoms with Crippen LogP contribution in [0.3, 0.4) is 0 Å². The molecule has 0 atom stereocenters. The minimum absolute atomic E-state index is 0.177. The third-order valence-corrected chi connectivity index (χ3v) is 3.99. The molecular formula is C10H6BrF3N2O2S. The molecule has 0 bridgehead atoms. The van der Waals surface area contributed by atoms with E-state index in [1.54, 1.807) is 0 Å². The van der Waals surface area contributed by atoms with Gasteiger partial charge in [-0.3, -0.25) is 4.72 Å². The molecule has 0 unspecified atom stereocenters.